The molecular weight excluding hydrogens is 164 g/mol. The molecule has 74 valence electrons. The number of methoxy groups -OCH3 is 1. The first-order chi connectivity index (χ1) is 6.07. The van der Waals surface area contributed by atoms with Crippen LogP contribution in [0.1, 0.15) is 33.6 Å². The number of rotatable bonds is 1. The third kappa shape index (κ3) is 1.93. The molecule has 13 heavy (non-hydrogen) atoms. The van der Waals surface area contributed by atoms with Crippen LogP contribution in [0.15, 0.2) is 11.1 Å². The second-order valence-electron chi connectivity index (χ2n) is 4.04. The average Bonchev–Trinajstić information content (AvgIpc) is 2.46. The molecule has 0 saturated heterocycles. The van der Waals surface area contributed by atoms with Crippen molar-refractivity contribution in [3.05, 3.63) is 11.1 Å². The van der Waals surface area contributed by atoms with Crippen LogP contribution in [0.3, 0.4) is 0 Å². The lowest BCUT2D eigenvalue weighted by molar-refractivity contribution is -0.145. The van der Waals surface area contributed by atoms with E-state index >= 15 is 0 Å². The molecule has 2 nitrogen and oxygen atoms in total. The van der Waals surface area contributed by atoms with Gasteiger partial charge in [-0.2, -0.15) is 0 Å². The van der Waals surface area contributed by atoms with Crippen LogP contribution in [0.2, 0.25) is 0 Å². The van der Waals surface area contributed by atoms with Crippen molar-refractivity contribution in [1.29, 1.82) is 0 Å². The fourth-order valence-electron chi connectivity index (χ4n) is 2.11. The number of carbonyl (C=O) groups is 1. The predicted octanol–water partition coefficient (Wildman–Crippen LogP) is 2.54. The van der Waals surface area contributed by atoms with Crippen LogP contribution in [0.25, 0.3) is 0 Å². The van der Waals surface area contributed by atoms with Gasteiger partial charge in [0, 0.05) is 0 Å². The van der Waals surface area contributed by atoms with Crippen molar-refractivity contribution in [1.82, 2.24) is 0 Å². The summed E-state index contributed by atoms with van der Waals surface area (Å²) in [6.45, 7) is 6.27. The minimum atomic E-state index is -0.0683. The molecule has 0 aromatic heterocycles. The highest BCUT2D eigenvalue weighted by Gasteiger charge is 2.35. The Bertz CT molecular complexity index is 236. The van der Waals surface area contributed by atoms with E-state index < -0.39 is 0 Å². The SMILES string of the molecule is COC(=O)[C@H]1C(=C(C)C)CC[C@@H]1C. The third-order valence-electron chi connectivity index (χ3n) is 2.91. The minimum absolute atomic E-state index is 0.0231. The number of allylic oxidation sites excluding steroid dienone is 1. The van der Waals surface area contributed by atoms with Gasteiger partial charge in [-0.15, -0.1) is 0 Å². The summed E-state index contributed by atoms with van der Waals surface area (Å²) in [6.07, 6.45) is 2.17. The second kappa shape index (κ2) is 3.95. The lowest BCUT2D eigenvalue weighted by atomic mass is 9.93. The predicted molar refractivity (Wildman–Crippen MR) is 52.3 cm³/mol. The summed E-state index contributed by atoms with van der Waals surface area (Å²) in [5.74, 6) is 0.397. The van der Waals surface area contributed by atoms with Crippen LogP contribution >= 0.6 is 0 Å². The summed E-state index contributed by atoms with van der Waals surface area (Å²) >= 11 is 0. The number of hydrogen-bond donors (Lipinski definition) is 0. The molecule has 0 unspecified atom stereocenters. The summed E-state index contributed by atoms with van der Waals surface area (Å²) in [5.41, 5.74) is 2.57. The Balaban J connectivity index is 2.90. The standard InChI is InChI=1S/C11H18O2/c1-7(2)9-6-5-8(3)10(9)11(12)13-4/h8,10H,5-6H2,1-4H3/t8-,10+/m0/s1. The largest absolute Gasteiger partial charge is 0.469 e. The van der Waals surface area contributed by atoms with Crippen LogP contribution in [0.4, 0.5) is 0 Å². The highest BCUT2D eigenvalue weighted by Crippen LogP contribution is 2.38. The van der Waals surface area contributed by atoms with E-state index in [4.69, 9.17) is 4.74 Å². The van der Waals surface area contributed by atoms with Gasteiger partial charge in [0.2, 0.25) is 0 Å². The molecule has 0 N–H and O–H groups in total. The van der Waals surface area contributed by atoms with E-state index in [1.807, 2.05) is 0 Å². The molecule has 2 atom stereocenters. The highest BCUT2D eigenvalue weighted by molar-refractivity contribution is 5.76. The van der Waals surface area contributed by atoms with Gasteiger partial charge in [-0.25, -0.2) is 0 Å². The van der Waals surface area contributed by atoms with Crippen molar-refractivity contribution in [2.75, 3.05) is 7.11 Å². The van der Waals surface area contributed by atoms with Crippen LogP contribution in [0, 0.1) is 11.8 Å². The van der Waals surface area contributed by atoms with Crippen LogP contribution in [0.5, 0.6) is 0 Å². The first kappa shape index (κ1) is 10.3. The molecular formula is C11H18O2. The monoisotopic (exact) mass is 182 g/mol. The van der Waals surface area contributed by atoms with Gasteiger partial charge in [0.05, 0.1) is 13.0 Å². The van der Waals surface area contributed by atoms with Gasteiger partial charge >= 0.3 is 5.97 Å². The first-order valence-electron chi connectivity index (χ1n) is 4.82. The third-order valence-corrected chi connectivity index (χ3v) is 2.91. The zero-order valence-corrected chi connectivity index (χ0v) is 8.89. The van der Waals surface area contributed by atoms with Crippen molar-refractivity contribution < 1.29 is 9.53 Å². The quantitative estimate of drug-likeness (QED) is 0.460. The van der Waals surface area contributed by atoms with E-state index in [1.54, 1.807) is 0 Å². The number of hydrogen-bond acceptors (Lipinski definition) is 2. The van der Waals surface area contributed by atoms with Gasteiger partial charge in [-0.05, 0) is 32.6 Å². The maximum Gasteiger partial charge on any atom is 0.313 e. The van der Waals surface area contributed by atoms with Gasteiger partial charge in [0.25, 0.3) is 0 Å². The first-order valence-corrected chi connectivity index (χ1v) is 4.82. The molecule has 0 radical (unpaired) electrons. The Morgan fingerprint density at radius 3 is 2.54 bits per heavy atom. The van der Waals surface area contributed by atoms with Crippen molar-refractivity contribution >= 4 is 5.97 Å². The molecule has 1 fully saturated rings. The number of esters is 1. The van der Waals surface area contributed by atoms with E-state index in [-0.39, 0.29) is 11.9 Å². The van der Waals surface area contributed by atoms with E-state index in [0.29, 0.717) is 5.92 Å². The number of carbonyl (C=O) groups excluding carboxylic acids is 1. The van der Waals surface area contributed by atoms with Crippen molar-refractivity contribution in [3.63, 3.8) is 0 Å². The smallest absolute Gasteiger partial charge is 0.313 e. The molecule has 0 aromatic rings. The van der Waals surface area contributed by atoms with Crippen LogP contribution in [-0.4, -0.2) is 13.1 Å². The molecule has 0 bridgehead atoms. The highest BCUT2D eigenvalue weighted by atomic mass is 16.5. The topological polar surface area (TPSA) is 26.3 Å². The maximum absolute atomic E-state index is 11.5. The summed E-state index contributed by atoms with van der Waals surface area (Å²) in [7, 11) is 1.47. The fraction of sp³-hybridized carbons (Fsp3) is 0.727. The molecule has 0 aromatic carbocycles. The normalized spacial score (nSPS) is 27.5. The molecule has 1 aliphatic carbocycles. The Labute approximate surface area is 80.0 Å². The molecule has 1 rings (SSSR count). The molecule has 0 heterocycles. The Morgan fingerprint density at radius 2 is 2.08 bits per heavy atom. The molecule has 1 saturated carbocycles. The van der Waals surface area contributed by atoms with Crippen molar-refractivity contribution in [3.8, 4) is 0 Å². The van der Waals surface area contributed by atoms with E-state index in [9.17, 15) is 4.79 Å². The van der Waals surface area contributed by atoms with Crippen molar-refractivity contribution in [2.24, 2.45) is 11.8 Å². The summed E-state index contributed by atoms with van der Waals surface area (Å²) in [6, 6.07) is 0. The Morgan fingerprint density at radius 1 is 1.46 bits per heavy atom. The van der Waals surface area contributed by atoms with Gasteiger partial charge in [-0.3, -0.25) is 4.79 Å². The average molecular weight is 182 g/mol. The van der Waals surface area contributed by atoms with Crippen molar-refractivity contribution in [2.45, 2.75) is 33.6 Å². The lowest BCUT2D eigenvalue weighted by Gasteiger charge is -2.15. The Kier molecular flexibility index (Phi) is 3.12. The zero-order valence-electron chi connectivity index (χ0n) is 8.89. The van der Waals surface area contributed by atoms with Gasteiger partial charge in [0.15, 0.2) is 0 Å². The molecule has 0 amide bonds. The summed E-state index contributed by atoms with van der Waals surface area (Å²) < 4.78 is 4.81. The van der Waals surface area contributed by atoms with E-state index in [1.165, 1.54) is 18.3 Å². The number of ether oxygens (including phenoxy) is 1. The maximum atomic E-state index is 11.5. The summed E-state index contributed by atoms with van der Waals surface area (Å²) in [4.78, 5) is 11.5. The zero-order chi connectivity index (χ0) is 10.0. The van der Waals surface area contributed by atoms with Crippen LogP contribution in [-0.2, 0) is 9.53 Å². The van der Waals surface area contributed by atoms with E-state index in [0.717, 1.165) is 12.8 Å². The molecule has 0 aliphatic heterocycles. The lowest BCUT2D eigenvalue weighted by Crippen LogP contribution is -2.20. The van der Waals surface area contributed by atoms with Gasteiger partial charge < -0.3 is 4.74 Å². The van der Waals surface area contributed by atoms with Gasteiger partial charge in [0.1, 0.15) is 0 Å². The van der Waals surface area contributed by atoms with E-state index in [2.05, 4.69) is 20.8 Å². The molecule has 0 spiro atoms. The fourth-order valence-corrected chi connectivity index (χ4v) is 2.11. The Hall–Kier alpha value is -0.790. The molecule has 2 heteroatoms. The summed E-state index contributed by atoms with van der Waals surface area (Å²) in [5, 5.41) is 0. The molecule has 1 aliphatic rings. The van der Waals surface area contributed by atoms with Gasteiger partial charge in [-0.1, -0.05) is 18.1 Å². The minimum Gasteiger partial charge on any atom is -0.469 e. The second-order valence-corrected chi connectivity index (χ2v) is 4.04. The van der Waals surface area contributed by atoms with Crippen LogP contribution < -0.4 is 0 Å².